The average Bonchev–Trinajstić information content (AvgIpc) is 2.24. The van der Waals surface area contributed by atoms with E-state index in [-0.39, 0.29) is 11.7 Å². The van der Waals surface area contributed by atoms with Gasteiger partial charge < -0.3 is 10.1 Å². The van der Waals surface area contributed by atoms with Crippen LogP contribution in [-0.4, -0.2) is 35.4 Å². The predicted octanol–water partition coefficient (Wildman–Crippen LogP) is -0.460. The Morgan fingerprint density at radius 1 is 1.73 bits per heavy atom. The first-order valence-electron chi connectivity index (χ1n) is 5.11. The van der Waals surface area contributed by atoms with E-state index in [0.717, 1.165) is 18.8 Å². The molecule has 1 aliphatic rings. The maximum Gasteiger partial charge on any atom is 0.253 e. The van der Waals surface area contributed by atoms with Crippen molar-refractivity contribution in [1.29, 1.82) is 0 Å². The molecule has 82 valence electrons. The minimum atomic E-state index is -0.0170. The first-order valence-corrected chi connectivity index (χ1v) is 5.11. The molecule has 1 atom stereocenters. The van der Waals surface area contributed by atoms with Crippen LogP contribution in [0.3, 0.4) is 0 Å². The zero-order chi connectivity index (χ0) is 10.7. The van der Waals surface area contributed by atoms with Gasteiger partial charge in [-0.05, 0) is 6.92 Å². The maximum atomic E-state index is 11.6. The Bertz CT molecular complexity index is 382. The maximum absolute atomic E-state index is 11.6. The summed E-state index contributed by atoms with van der Waals surface area (Å²) in [6.45, 7) is 4.76. The molecule has 1 saturated heterocycles. The number of hydrogen-bond acceptors (Lipinski definition) is 4. The number of rotatable bonds is 2. The highest BCUT2D eigenvalue weighted by atomic mass is 16.5. The Morgan fingerprint density at radius 3 is 3.27 bits per heavy atom. The van der Waals surface area contributed by atoms with E-state index < -0.39 is 0 Å². The second-order valence-electron chi connectivity index (χ2n) is 3.72. The molecule has 0 spiro atoms. The number of nitrogens with one attached hydrogen (secondary N) is 1. The van der Waals surface area contributed by atoms with E-state index in [0.29, 0.717) is 13.2 Å². The highest BCUT2D eigenvalue weighted by molar-refractivity contribution is 4.96. The van der Waals surface area contributed by atoms with Gasteiger partial charge in [0.05, 0.1) is 25.6 Å². The van der Waals surface area contributed by atoms with Crippen LogP contribution in [0.25, 0.3) is 0 Å². The Kier molecular flexibility index (Phi) is 3.13. The summed E-state index contributed by atoms with van der Waals surface area (Å²) in [7, 11) is 0. The third kappa shape index (κ3) is 2.64. The molecule has 5 nitrogen and oxygen atoms in total. The van der Waals surface area contributed by atoms with E-state index in [9.17, 15) is 4.79 Å². The fourth-order valence-electron chi connectivity index (χ4n) is 1.61. The van der Waals surface area contributed by atoms with Gasteiger partial charge in [-0.15, -0.1) is 0 Å². The molecule has 0 aromatic carbocycles. The van der Waals surface area contributed by atoms with Crippen LogP contribution < -0.4 is 10.9 Å². The van der Waals surface area contributed by atoms with Gasteiger partial charge in [0.25, 0.3) is 5.56 Å². The fourth-order valence-corrected chi connectivity index (χ4v) is 1.61. The number of nitrogens with zero attached hydrogens (tertiary/aromatic N) is 2. The standard InChI is InChI=1S/C10H15N3O2/c1-8-4-10(14)13(7-12-8)6-9-5-11-2-3-15-9/h4,7,9,11H,2-3,5-6H2,1H3. The quantitative estimate of drug-likeness (QED) is 0.716. The normalized spacial score (nSPS) is 21.5. The van der Waals surface area contributed by atoms with Crippen molar-refractivity contribution in [2.24, 2.45) is 0 Å². The van der Waals surface area contributed by atoms with Crippen LogP contribution in [0.5, 0.6) is 0 Å². The molecule has 0 bridgehead atoms. The van der Waals surface area contributed by atoms with Crippen LogP contribution >= 0.6 is 0 Å². The van der Waals surface area contributed by atoms with Gasteiger partial charge in [0.15, 0.2) is 0 Å². The summed E-state index contributed by atoms with van der Waals surface area (Å²) in [5.41, 5.74) is 0.732. The van der Waals surface area contributed by atoms with Gasteiger partial charge in [-0.3, -0.25) is 9.36 Å². The second-order valence-corrected chi connectivity index (χ2v) is 3.72. The van der Waals surface area contributed by atoms with Crippen molar-refractivity contribution < 1.29 is 4.74 Å². The van der Waals surface area contributed by atoms with Crippen LogP contribution in [0, 0.1) is 6.92 Å². The van der Waals surface area contributed by atoms with Gasteiger partial charge in [-0.2, -0.15) is 0 Å². The van der Waals surface area contributed by atoms with Crippen molar-refractivity contribution in [3.05, 3.63) is 28.4 Å². The summed E-state index contributed by atoms with van der Waals surface area (Å²) in [4.78, 5) is 15.7. The molecule has 1 aromatic rings. The molecular weight excluding hydrogens is 194 g/mol. The third-order valence-electron chi connectivity index (χ3n) is 2.42. The van der Waals surface area contributed by atoms with E-state index in [1.54, 1.807) is 10.9 Å². The summed E-state index contributed by atoms with van der Waals surface area (Å²) < 4.78 is 7.11. The van der Waals surface area contributed by atoms with Gasteiger partial charge in [0.2, 0.25) is 0 Å². The molecule has 0 saturated carbocycles. The molecule has 2 rings (SSSR count). The monoisotopic (exact) mass is 209 g/mol. The molecule has 0 radical (unpaired) electrons. The first-order chi connectivity index (χ1) is 7.25. The highest BCUT2D eigenvalue weighted by Crippen LogP contribution is 1.98. The van der Waals surface area contributed by atoms with Gasteiger partial charge in [0.1, 0.15) is 0 Å². The number of aromatic nitrogens is 2. The third-order valence-corrected chi connectivity index (χ3v) is 2.42. The van der Waals surface area contributed by atoms with Crippen molar-refractivity contribution in [1.82, 2.24) is 14.9 Å². The Balaban J connectivity index is 2.06. The van der Waals surface area contributed by atoms with Gasteiger partial charge in [-0.25, -0.2) is 4.98 Å². The van der Waals surface area contributed by atoms with Gasteiger partial charge in [-0.1, -0.05) is 0 Å². The van der Waals surface area contributed by atoms with Crippen LogP contribution in [0.1, 0.15) is 5.69 Å². The lowest BCUT2D eigenvalue weighted by Crippen LogP contribution is -2.42. The zero-order valence-electron chi connectivity index (χ0n) is 8.77. The predicted molar refractivity (Wildman–Crippen MR) is 55.8 cm³/mol. The number of aryl methyl sites for hydroxylation is 1. The minimum absolute atomic E-state index is 0.0170. The highest BCUT2D eigenvalue weighted by Gasteiger charge is 2.14. The lowest BCUT2D eigenvalue weighted by atomic mass is 10.3. The minimum Gasteiger partial charge on any atom is -0.374 e. The first kappa shape index (κ1) is 10.3. The van der Waals surface area contributed by atoms with Crippen LogP contribution in [-0.2, 0) is 11.3 Å². The largest absolute Gasteiger partial charge is 0.374 e. The van der Waals surface area contributed by atoms with E-state index in [4.69, 9.17) is 4.74 Å². The summed E-state index contributed by atoms with van der Waals surface area (Å²) in [6.07, 6.45) is 1.65. The Morgan fingerprint density at radius 2 is 2.60 bits per heavy atom. The van der Waals surface area contributed by atoms with E-state index >= 15 is 0 Å². The average molecular weight is 209 g/mol. The molecule has 1 fully saturated rings. The zero-order valence-corrected chi connectivity index (χ0v) is 8.77. The topological polar surface area (TPSA) is 56.2 Å². The fraction of sp³-hybridized carbons (Fsp3) is 0.600. The van der Waals surface area contributed by atoms with Crippen LogP contribution in [0.15, 0.2) is 17.2 Å². The van der Waals surface area contributed by atoms with Gasteiger partial charge >= 0.3 is 0 Å². The molecule has 1 unspecified atom stereocenters. The molecule has 15 heavy (non-hydrogen) atoms. The summed E-state index contributed by atoms with van der Waals surface area (Å²) in [5, 5.41) is 3.23. The van der Waals surface area contributed by atoms with E-state index in [1.807, 2.05) is 6.92 Å². The van der Waals surface area contributed by atoms with Gasteiger partial charge in [0, 0.05) is 24.8 Å². The molecule has 1 aromatic heterocycles. The molecule has 1 aliphatic heterocycles. The lowest BCUT2D eigenvalue weighted by Gasteiger charge is -2.23. The van der Waals surface area contributed by atoms with Crippen molar-refractivity contribution in [2.75, 3.05) is 19.7 Å². The number of ether oxygens (including phenoxy) is 1. The van der Waals surface area contributed by atoms with Crippen molar-refractivity contribution in [2.45, 2.75) is 19.6 Å². The summed E-state index contributed by atoms with van der Waals surface area (Å²) in [6, 6.07) is 1.54. The molecule has 0 amide bonds. The molecular formula is C10H15N3O2. The summed E-state index contributed by atoms with van der Waals surface area (Å²) >= 11 is 0. The smallest absolute Gasteiger partial charge is 0.253 e. The molecule has 5 heteroatoms. The van der Waals surface area contributed by atoms with Crippen molar-refractivity contribution in [3.8, 4) is 0 Å². The Hall–Kier alpha value is -1.20. The molecule has 1 N–H and O–H groups in total. The second kappa shape index (κ2) is 4.55. The number of hydrogen-bond donors (Lipinski definition) is 1. The number of morpholine rings is 1. The van der Waals surface area contributed by atoms with Crippen LogP contribution in [0.2, 0.25) is 0 Å². The summed E-state index contributed by atoms with van der Waals surface area (Å²) in [5.74, 6) is 0. The van der Waals surface area contributed by atoms with Crippen molar-refractivity contribution in [3.63, 3.8) is 0 Å². The van der Waals surface area contributed by atoms with E-state index in [1.165, 1.54) is 6.07 Å². The van der Waals surface area contributed by atoms with E-state index in [2.05, 4.69) is 10.3 Å². The Labute approximate surface area is 88.1 Å². The lowest BCUT2D eigenvalue weighted by molar-refractivity contribution is 0.0174. The molecule has 2 heterocycles. The van der Waals surface area contributed by atoms with Crippen molar-refractivity contribution >= 4 is 0 Å². The molecule has 0 aliphatic carbocycles. The SMILES string of the molecule is Cc1cc(=O)n(CC2CNCCO2)cn1. The van der Waals surface area contributed by atoms with Crippen LogP contribution in [0.4, 0.5) is 0 Å².